The summed E-state index contributed by atoms with van der Waals surface area (Å²) in [6.45, 7) is 0. The number of ether oxygens (including phenoxy) is 1. The molecule has 6 aromatic rings. The fourth-order valence-electron chi connectivity index (χ4n) is 4.30. The van der Waals surface area contributed by atoms with Gasteiger partial charge in [0.1, 0.15) is 23.3 Å². The van der Waals surface area contributed by atoms with Crippen LogP contribution in [0.2, 0.25) is 0 Å². The number of aliphatic hydroxyl groups is 1. The van der Waals surface area contributed by atoms with Gasteiger partial charge in [0.2, 0.25) is 5.88 Å². The maximum Gasteiger partial charge on any atom is 0.262 e. The number of fused-ring (bicyclic) bond motifs is 1. The Kier molecular flexibility index (Phi) is 6.38. The van der Waals surface area contributed by atoms with E-state index in [4.69, 9.17) is 10.5 Å². The van der Waals surface area contributed by atoms with E-state index < -0.39 is 17.6 Å². The van der Waals surface area contributed by atoms with Crippen molar-refractivity contribution in [3.8, 4) is 28.6 Å². The molecule has 0 aliphatic carbocycles. The molecule has 0 spiro atoms. The van der Waals surface area contributed by atoms with E-state index >= 15 is 0 Å². The highest BCUT2D eigenvalue weighted by Crippen LogP contribution is 2.34. The fourth-order valence-corrected chi connectivity index (χ4v) is 4.30. The van der Waals surface area contributed by atoms with Crippen molar-refractivity contribution in [2.75, 3.05) is 11.1 Å². The van der Waals surface area contributed by atoms with Gasteiger partial charge in [0.15, 0.2) is 11.9 Å². The number of hydrogen-bond acceptors (Lipinski definition) is 8. The van der Waals surface area contributed by atoms with E-state index in [1.54, 1.807) is 42.6 Å². The second-order valence-corrected chi connectivity index (χ2v) is 8.89. The third-order valence-corrected chi connectivity index (χ3v) is 6.24. The molecule has 1 unspecified atom stereocenters. The third kappa shape index (κ3) is 4.84. The standard InChI is InChI=1S/C29H22FN7O3/c30-18-6-10-21(11-7-18)37-14-2-5-23(29(37)39)27(38)34-20-8-12-22(13-9-20)40-28-24-25(17-3-1-4-19(31)15-17)35-36-26(24)32-16-33-28/h1-16,27,34,38H,31H2,(H,32,33,35,36). The second kappa shape index (κ2) is 10.3. The Morgan fingerprint density at radius 3 is 2.58 bits per heavy atom. The van der Waals surface area contributed by atoms with E-state index in [0.717, 1.165) is 5.56 Å². The molecule has 0 aliphatic rings. The molecule has 40 heavy (non-hydrogen) atoms. The Morgan fingerprint density at radius 1 is 1.00 bits per heavy atom. The number of benzene rings is 3. The average molecular weight is 536 g/mol. The molecule has 3 heterocycles. The molecule has 5 N–H and O–H groups in total. The summed E-state index contributed by atoms with van der Waals surface area (Å²) < 4.78 is 20.7. The normalized spacial score (nSPS) is 11.8. The quantitative estimate of drug-likeness (QED) is 0.169. The number of anilines is 2. The number of nitrogens with zero attached hydrogens (tertiary/aromatic N) is 4. The smallest absolute Gasteiger partial charge is 0.262 e. The van der Waals surface area contributed by atoms with Crippen molar-refractivity contribution >= 4 is 22.4 Å². The number of aromatic nitrogens is 5. The van der Waals surface area contributed by atoms with Gasteiger partial charge in [0.05, 0.1) is 11.3 Å². The van der Waals surface area contributed by atoms with Crippen molar-refractivity contribution in [2.24, 2.45) is 0 Å². The minimum Gasteiger partial charge on any atom is -0.438 e. The van der Waals surface area contributed by atoms with Gasteiger partial charge in [-0.2, -0.15) is 5.10 Å². The van der Waals surface area contributed by atoms with Crippen LogP contribution in [0.4, 0.5) is 15.8 Å². The van der Waals surface area contributed by atoms with Crippen LogP contribution in [0.5, 0.6) is 11.6 Å². The second-order valence-electron chi connectivity index (χ2n) is 8.89. The van der Waals surface area contributed by atoms with Crippen molar-refractivity contribution in [1.82, 2.24) is 24.7 Å². The number of pyridine rings is 1. The molecule has 198 valence electrons. The van der Waals surface area contributed by atoms with Crippen molar-refractivity contribution in [3.05, 3.63) is 119 Å². The van der Waals surface area contributed by atoms with E-state index in [2.05, 4.69) is 25.5 Å². The Balaban J connectivity index is 1.22. The van der Waals surface area contributed by atoms with Crippen LogP contribution in [0, 0.1) is 5.82 Å². The van der Waals surface area contributed by atoms with E-state index in [-0.39, 0.29) is 5.56 Å². The summed E-state index contributed by atoms with van der Waals surface area (Å²) in [4.78, 5) is 21.5. The summed E-state index contributed by atoms with van der Waals surface area (Å²) in [6.07, 6.45) is 1.63. The predicted octanol–water partition coefficient (Wildman–Crippen LogP) is 4.79. The summed E-state index contributed by atoms with van der Waals surface area (Å²) in [5.41, 5.74) is 9.22. The van der Waals surface area contributed by atoms with Crippen LogP contribution >= 0.6 is 0 Å². The van der Waals surface area contributed by atoms with Crippen molar-refractivity contribution in [3.63, 3.8) is 0 Å². The first-order valence-electron chi connectivity index (χ1n) is 12.2. The maximum absolute atomic E-state index is 13.3. The van der Waals surface area contributed by atoms with Crippen molar-refractivity contribution < 1.29 is 14.2 Å². The molecule has 6 rings (SSSR count). The number of nitrogens with two attached hydrogens (primary N) is 1. The van der Waals surface area contributed by atoms with Gasteiger partial charge in [0, 0.05) is 28.8 Å². The molecular weight excluding hydrogens is 513 g/mol. The number of rotatable bonds is 7. The molecule has 11 heteroatoms. The summed E-state index contributed by atoms with van der Waals surface area (Å²) in [7, 11) is 0. The largest absolute Gasteiger partial charge is 0.438 e. The Hall–Kier alpha value is -5.55. The summed E-state index contributed by atoms with van der Waals surface area (Å²) >= 11 is 0. The molecule has 0 saturated heterocycles. The number of nitrogens with one attached hydrogen (secondary N) is 2. The van der Waals surface area contributed by atoms with E-state index in [0.29, 0.717) is 45.4 Å². The lowest BCUT2D eigenvalue weighted by Gasteiger charge is -2.16. The Labute approximate surface area is 226 Å². The SMILES string of the molecule is Nc1cccc(-c2[nH]nc3ncnc(Oc4ccc(NC(O)c5cccn(-c6ccc(F)cc6)c5=O)cc4)c23)c1. The molecule has 3 aromatic heterocycles. The van der Waals surface area contributed by atoms with Gasteiger partial charge >= 0.3 is 0 Å². The van der Waals surface area contributed by atoms with Crippen LogP contribution in [-0.4, -0.2) is 29.8 Å². The number of halogens is 1. The highest BCUT2D eigenvalue weighted by molar-refractivity contribution is 5.95. The molecule has 0 saturated carbocycles. The molecule has 3 aromatic carbocycles. The van der Waals surface area contributed by atoms with Crippen LogP contribution in [0.15, 0.2) is 102 Å². The Bertz CT molecular complexity index is 1870. The summed E-state index contributed by atoms with van der Waals surface area (Å²) in [5.74, 6) is 0.387. The number of aromatic amines is 1. The number of nitrogen functional groups attached to an aromatic ring is 1. The summed E-state index contributed by atoms with van der Waals surface area (Å²) in [5, 5.41) is 21.5. The zero-order valence-electron chi connectivity index (χ0n) is 20.8. The average Bonchev–Trinajstić information content (AvgIpc) is 3.40. The first-order chi connectivity index (χ1) is 19.5. The zero-order chi connectivity index (χ0) is 27.6. The molecular formula is C29H22FN7O3. The number of aliphatic hydroxyl groups excluding tert-OH is 1. The minimum atomic E-state index is -1.29. The van der Waals surface area contributed by atoms with Gasteiger partial charge in [-0.3, -0.25) is 14.5 Å². The Morgan fingerprint density at radius 2 is 1.80 bits per heavy atom. The van der Waals surface area contributed by atoms with Gasteiger partial charge in [-0.25, -0.2) is 14.4 Å². The molecule has 0 amide bonds. The highest BCUT2D eigenvalue weighted by Gasteiger charge is 2.17. The fraction of sp³-hybridized carbons (Fsp3) is 0.0345. The van der Waals surface area contributed by atoms with Gasteiger partial charge in [-0.1, -0.05) is 12.1 Å². The molecule has 0 radical (unpaired) electrons. The number of H-pyrrole nitrogens is 1. The first kappa shape index (κ1) is 24.8. The zero-order valence-corrected chi connectivity index (χ0v) is 20.8. The van der Waals surface area contributed by atoms with E-state index in [1.807, 2.05) is 18.2 Å². The van der Waals surface area contributed by atoms with Gasteiger partial charge in [0.25, 0.3) is 5.56 Å². The lowest BCUT2D eigenvalue weighted by atomic mass is 10.1. The molecule has 10 nitrogen and oxygen atoms in total. The van der Waals surface area contributed by atoms with E-state index in [1.165, 1.54) is 41.2 Å². The molecule has 1 atom stereocenters. The van der Waals surface area contributed by atoms with Crippen molar-refractivity contribution in [2.45, 2.75) is 6.23 Å². The monoisotopic (exact) mass is 535 g/mol. The van der Waals surface area contributed by atoms with E-state index in [9.17, 15) is 14.3 Å². The van der Waals surface area contributed by atoms with Gasteiger partial charge in [-0.05, 0) is 72.8 Å². The summed E-state index contributed by atoms with van der Waals surface area (Å²) in [6, 6.07) is 22.8. The first-order valence-corrected chi connectivity index (χ1v) is 12.2. The van der Waals surface area contributed by atoms with Crippen LogP contribution in [0.25, 0.3) is 28.0 Å². The van der Waals surface area contributed by atoms with Gasteiger partial charge < -0.3 is 20.9 Å². The van der Waals surface area contributed by atoms with Crippen molar-refractivity contribution in [1.29, 1.82) is 0 Å². The highest BCUT2D eigenvalue weighted by atomic mass is 19.1. The van der Waals surface area contributed by atoms with Gasteiger partial charge in [-0.15, -0.1) is 0 Å². The molecule has 0 aliphatic heterocycles. The topological polar surface area (TPSA) is 144 Å². The minimum absolute atomic E-state index is 0.129. The van der Waals surface area contributed by atoms with Crippen LogP contribution in [0.3, 0.4) is 0 Å². The maximum atomic E-state index is 13.3. The lowest BCUT2D eigenvalue weighted by molar-refractivity contribution is 0.206. The molecule has 0 bridgehead atoms. The third-order valence-electron chi connectivity index (χ3n) is 6.24. The molecule has 0 fully saturated rings. The van der Waals surface area contributed by atoms with Crippen LogP contribution in [-0.2, 0) is 0 Å². The number of hydrogen-bond donors (Lipinski definition) is 4. The predicted molar refractivity (Wildman–Crippen MR) is 149 cm³/mol. The van der Waals surface area contributed by atoms with Crippen LogP contribution < -0.4 is 21.3 Å². The van der Waals surface area contributed by atoms with Crippen LogP contribution in [0.1, 0.15) is 11.8 Å². The lowest BCUT2D eigenvalue weighted by Crippen LogP contribution is -2.26.